The number of rotatable bonds is 1. The largest absolute Gasteiger partial charge is 0.313 e. The molecule has 0 aliphatic heterocycles. The molecule has 0 radical (unpaired) electrons. The Bertz CT molecular complexity index is 442. The Labute approximate surface area is 69.8 Å². The number of H-pyrrole nitrogens is 1. The highest BCUT2D eigenvalue weighted by Crippen LogP contribution is 1.60. The van der Waals surface area contributed by atoms with Crippen LogP contribution >= 0.6 is 0 Å². The van der Waals surface area contributed by atoms with Gasteiger partial charge < -0.3 is 4.98 Å². The predicted molar refractivity (Wildman–Crippen MR) is 48.9 cm³/mol. The monoisotopic (exact) mass is 162 g/mol. The summed E-state index contributed by atoms with van der Waals surface area (Å²) in [6.45, 7) is 5.34. The zero-order chi connectivity index (χ0) is 8.97. The van der Waals surface area contributed by atoms with Gasteiger partial charge in [0.05, 0.1) is 16.9 Å². The van der Waals surface area contributed by atoms with Gasteiger partial charge in [0.1, 0.15) is 0 Å². The van der Waals surface area contributed by atoms with Gasteiger partial charge in [-0.3, -0.25) is 4.79 Å². The molecule has 0 spiro atoms. The molecule has 12 heavy (non-hydrogen) atoms. The molecule has 0 unspecified atom stereocenters. The molecule has 62 valence electrons. The van der Waals surface area contributed by atoms with E-state index in [-0.39, 0.29) is 5.56 Å². The molecule has 0 aliphatic rings. The lowest BCUT2D eigenvalue weighted by Crippen LogP contribution is -2.41. The summed E-state index contributed by atoms with van der Waals surface area (Å²) in [7, 11) is 0. The van der Waals surface area contributed by atoms with Gasteiger partial charge in [0.15, 0.2) is 0 Å². The van der Waals surface area contributed by atoms with E-state index in [4.69, 9.17) is 0 Å². The normalized spacial score (nSPS) is 13.4. The standard InChI is InChI=1S/C9H10N2O/c1-3-5-8-7(4-2)9(12)11-6-10-8/h3-6H,1H2,2H3,(H,10,11,12)/b7-4+,8-5+. The average Bonchev–Trinajstić information content (AvgIpc) is 2.05. The molecule has 0 fully saturated rings. The Hall–Kier alpha value is -1.64. The topological polar surface area (TPSA) is 45.8 Å². The highest BCUT2D eigenvalue weighted by Gasteiger charge is 1.88. The minimum absolute atomic E-state index is 0.124. The SMILES string of the molecule is C=C/C=c1/nc[nH]c(=O)/c1=C/C. The number of aromatic amines is 1. The number of allylic oxidation sites excluding steroid dienone is 1. The van der Waals surface area contributed by atoms with Crippen LogP contribution in [0.3, 0.4) is 0 Å². The van der Waals surface area contributed by atoms with Crippen molar-refractivity contribution in [3.8, 4) is 0 Å². The van der Waals surface area contributed by atoms with Gasteiger partial charge >= 0.3 is 0 Å². The number of nitrogens with zero attached hydrogens (tertiary/aromatic N) is 1. The molecular weight excluding hydrogens is 152 g/mol. The molecule has 0 atom stereocenters. The summed E-state index contributed by atoms with van der Waals surface area (Å²) in [6.07, 6.45) is 6.41. The fourth-order valence-corrected chi connectivity index (χ4v) is 0.947. The second-order valence-corrected chi connectivity index (χ2v) is 2.22. The number of nitrogens with one attached hydrogen (secondary N) is 1. The van der Waals surface area contributed by atoms with E-state index in [0.717, 1.165) is 0 Å². The number of hydrogen-bond acceptors (Lipinski definition) is 2. The maximum Gasteiger partial charge on any atom is 0.258 e. The Morgan fingerprint density at radius 2 is 2.42 bits per heavy atom. The highest BCUT2D eigenvalue weighted by atomic mass is 16.1. The molecule has 0 saturated heterocycles. The Balaban J connectivity index is 3.73. The quantitative estimate of drug-likeness (QED) is 0.607. The predicted octanol–water partition coefficient (Wildman–Crippen LogP) is -0.463. The van der Waals surface area contributed by atoms with Crippen molar-refractivity contribution in [1.29, 1.82) is 0 Å². The smallest absolute Gasteiger partial charge is 0.258 e. The van der Waals surface area contributed by atoms with Gasteiger partial charge in [-0.1, -0.05) is 18.7 Å². The van der Waals surface area contributed by atoms with E-state index in [9.17, 15) is 4.79 Å². The van der Waals surface area contributed by atoms with E-state index in [0.29, 0.717) is 10.6 Å². The first-order chi connectivity index (χ1) is 5.79. The van der Waals surface area contributed by atoms with Crippen LogP contribution in [0.2, 0.25) is 0 Å². The number of aromatic nitrogens is 2. The van der Waals surface area contributed by atoms with Gasteiger partial charge in [-0.2, -0.15) is 0 Å². The Morgan fingerprint density at radius 3 is 3.00 bits per heavy atom. The van der Waals surface area contributed by atoms with Gasteiger partial charge in [0, 0.05) is 0 Å². The summed E-state index contributed by atoms with van der Waals surface area (Å²) in [5, 5.41) is 1.23. The van der Waals surface area contributed by atoms with E-state index in [1.165, 1.54) is 6.33 Å². The first-order valence-corrected chi connectivity index (χ1v) is 3.62. The Kier molecular flexibility index (Phi) is 2.58. The lowest BCUT2D eigenvalue weighted by atomic mass is 10.3. The first kappa shape index (κ1) is 8.46. The third-order valence-corrected chi connectivity index (χ3v) is 1.48. The second-order valence-electron chi connectivity index (χ2n) is 2.22. The summed E-state index contributed by atoms with van der Waals surface area (Å²) in [6, 6.07) is 0. The van der Waals surface area contributed by atoms with Crippen molar-refractivity contribution in [1.82, 2.24) is 9.97 Å². The highest BCUT2D eigenvalue weighted by molar-refractivity contribution is 5.34. The molecule has 3 nitrogen and oxygen atoms in total. The van der Waals surface area contributed by atoms with Crippen molar-refractivity contribution in [3.63, 3.8) is 0 Å². The average molecular weight is 162 g/mol. The molecule has 1 aromatic rings. The minimum Gasteiger partial charge on any atom is -0.313 e. The molecular formula is C9H10N2O. The maximum absolute atomic E-state index is 11.2. The summed E-state index contributed by atoms with van der Waals surface area (Å²) in [5.74, 6) is 0. The lowest BCUT2D eigenvalue weighted by Gasteiger charge is -1.85. The first-order valence-electron chi connectivity index (χ1n) is 3.62. The van der Waals surface area contributed by atoms with Crippen LogP contribution in [0, 0.1) is 0 Å². The summed E-state index contributed by atoms with van der Waals surface area (Å²) < 4.78 is 0. The molecule has 0 aromatic carbocycles. The fourth-order valence-electron chi connectivity index (χ4n) is 0.947. The molecule has 1 N–H and O–H groups in total. The van der Waals surface area contributed by atoms with Crippen LogP contribution in [0.4, 0.5) is 0 Å². The van der Waals surface area contributed by atoms with Crippen molar-refractivity contribution in [2.75, 3.05) is 0 Å². The van der Waals surface area contributed by atoms with Crippen molar-refractivity contribution in [3.05, 3.63) is 39.9 Å². The van der Waals surface area contributed by atoms with E-state index < -0.39 is 0 Å². The van der Waals surface area contributed by atoms with Crippen molar-refractivity contribution in [2.45, 2.75) is 6.92 Å². The molecule has 0 saturated carbocycles. The van der Waals surface area contributed by atoms with E-state index >= 15 is 0 Å². The van der Waals surface area contributed by atoms with Crippen LogP contribution in [-0.4, -0.2) is 9.97 Å². The zero-order valence-corrected chi connectivity index (χ0v) is 6.87. The summed E-state index contributed by atoms with van der Waals surface area (Å²) in [4.78, 5) is 17.6. The lowest BCUT2D eigenvalue weighted by molar-refractivity contribution is 1.05. The van der Waals surface area contributed by atoms with Crippen molar-refractivity contribution < 1.29 is 0 Å². The minimum atomic E-state index is -0.124. The maximum atomic E-state index is 11.2. The number of hydrogen-bond donors (Lipinski definition) is 1. The molecule has 0 aliphatic carbocycles. The van der Waals surface area contributed by atoms with Gasteiger partial charge in [0.25, 0.3) is 5.56 Å². The van der Waals surface area contributed by atoms with Crippen molar-refractivity contribution in [2.24, 2.45) is 0 Å². The van der Waals surface area contributed by atoms with Gasteiger partial charge in [-0.25, -0.2) is 4.98 Å². The zero-order valence-electron chi connectivity index (χ0n) is 6.87. The third kappa shape index (κ3) is 1.50. The van der Waals surface area contributed by atoms with Crippen molar-refractivity contribution >= 4 is 12.2 Å². The molecule has 0 amide bonds. The fraction of sp³-hybridized carbons (Fsp3) is 0.111. The molecule has 1 heterocycles. The van der Waals surface area contributed by atoms with E-state index in [2.05, 4.69) is 16.5 Å². The van der Waals surface area contributed by atoms with Gasteiger partial charge in [0.2, 0.25) is 0 Å². The molecule has 1 rings (SSSR count). The van der Waals surface area contributed by atoms with Crippen LogP contribution in [0.15, 0.2) is 23.8 Å². The van der Waals surface area contributed by atoms with E-state index in [1.807, 2.05) is 0 Å². The molecule has 3 heteroatoms. The third-order valence-electron chi connectivity index (χ3n) is 1.48. The Morgan fingerprint density at radius 1 is 1.67 bits per heavy atom. The molecule has 1 aromatic heterocycles. The van der Waals surface area contributed by atoms with Crippen LogP contribution in [0.5, 0.6) is 0 Å². The van der Waals surface area contributed by atoms with Crippen LogP contribution < -0.4 is 16.1 Å². The van der Waals surface area contributed by atoms with E-state index in [1.54, 1.807) is 25.2 Å². The van der Waals surface area contributed by atoms with Crippen LogP contribution in [0.1, 0.15) is 6.92 Å². The van der Waals surface area contributed by atoms with Gasteiger partial charge in [-0.15, -0.1) is 0 Å². The van der Waals surface area contributed by atoms with Crippen LogP contribution in [-0.2, 0) is 0 Å². The van der Waals surface area contributed by atoms with Gasteiger partial charge in [-0.05, 0) is 13.0 Å². The second kappa shape index (κ2) is 3.67. The summed E-state index contributed by atoms with van der Waals surface area (Å²) >= 11 is 0. The molecule has 0 bridgehead atoms. The summed E-state index contributed by atoms with van der Waals surface area (Å²) in [5.41, 5.74) is -0.124. The van der Waals surface area contributed by atoms with Crippen LogP contribution in [0.25, 0.3) is 12.2 Å².